The van der Waals surface area contributed by atoms with Crippen molar-refractivity contribution in [2.24, 2.45) is 0 Å². The molecule has 0 spiro atoms. The van der Waals surface area contributed by atoms with Crippen molar-refractivity contribution in [3.63, 3.8) is 0 Å². The van der Waals surface area contributed by atoms with Crippen LogP contribution in [0.1, 0.15) is 20.3 Å². The first kappa shape index (κ1) is 15.9. The highest BCUT2D eigenvalue weighted by Gasteiger charge is 2.17. The van der Waals surface area contributed by atoms with E-state index in [0.29, 0.717) is 26.2 Å². The summed E-state index contributed by atoms with van der Waals surface area (Å²) in [4.78, 5) is 22.7. The van der Waals surface area contributed by atoms with Gasteiger partial charge in [0.15, 0.2) is 0 Å². The molecule has 0 aliphatic carbocycles. The first-order chi connectivity index (χ1) is 8.15. The molecule has 0 bridgehead atoms. The molecular formula is C11H22N2O4. The number of rotatable bonds is 9. The topological polar surface area (TPSA) is 76.7 Å². The van der Waals surface area contributed by atoms with Gasteiger partial charge in [-0.25, -0.2) is 0 Å². The molecule has 0 aliphatic rings. The van der Waals surface area contributed by atoms with Gasteiger partial charge in [0.05, 0.1) is 19.8 Å². The molecule has 0 aromatic rings. The summed E-state index contributed by atoms with van der Waals surface area (Å²) in [5.74, 6) is -0.482. The Morgan fingerprint density at radius 3 is 2.53 bits per heavy atom. The minimum Gasteiger partial charge on any atom is -0.465 e. The van der Waals surface area contributed by atoms with Crippen LogP contribution >= 0.6 is 0 Å². The van der Waals surface area contributed by atoms with Gasteiger partial charge in [-0.15, -0.1) is 0 Å². The smallest absolute Gasteiger partial charge is 0.323 e. The second kappa shape index (κ2) is 10.0. The second-order valence-electron chi connectivity index (χ2n) is 3.44. The Balaban J connectivity index is 3.81. The Hall–Kier alpha value is -1.14. The molecule has 2 N–H and O–H groups in total. The summed E-state index contributed by atoms with van der Waals surface area (Å²) in [6.07, 6.45) is 0.587. The van der Waals surface area contributed by atoms with Crippen LogP contribution in [-0.4, -0.2) is 51.3 Å². The van der Waals surface area contributed by atoms with Gasteiger partial charge in [-0.3, -0.25) is 14.9 Å². The number of amides is 1. The molecule has 100 valence electrons. The van der Waals surface area contributed by atoms with Crippen LogP contribution < -0.4 is 10.6 Å². The standard InChI is InChI=1S/C11H22N2O4/c1-4-9(11(15)17-5-2)13-8-10(14)12-6-7-16-3/h9,13H,4-8H2,1-3H3,(H,12,14). The van der Waals surface area contributed by atoms with Crippen LogP contribution in [0.25, 0.3) is 0 Å². The van der Waals surface area contributed by atoms with E-state index in [4.69, 9.17) is 9.47 Å². The summed E-state index contributed by atoms with van der Waals surface area (Å²) in [6, 6.07) is -0.428. The summed E-state index contributed by atoms with van der Waals surface area (Å²) in [5.41, 5.74) is 0. The summed E-state index contributed by atoms with van der Waals surface area (Å²) in [7, 11) is 1.57. The Bertz CT molecular complexity index is 234. The molecule has 6 heteroatoms. The molecule has 1 unspecified atom stereocenters. The molecule has 1 atom stereocenters. The quantitative estimate of drug-likeness (QED) is 0.431. The number of nitrogens with one attached hydrogen (secondary N) is 2. The summed E-state index contributed by atoms with van der Waals surface area (Å²) < 4.78 is 9.67. The molecule has 0 rings (SSSR count). The van der Waals surface area contributed by atoms with Crippen LogP contribution in [0.15, 0.2) is 0 Å². The maximum atomic E-state index is 11.4. The summed E-state index contributed by atoms with van der Waals surface area (Å²) in [5, 5.41) is 5.51. The molecule has 6 nitrogen and oxygen atoms in total. The molecule has 0 aliphatic heterocycles. The van der Waals surface area contributed by atoms with Gasteiger partial charge < -0.3 is 14.8 Å². The van der Waals surface area contributed by atoms with Crippen LogP contribution in [0.2, 0.25) is 0 Å². The van der Waals surface area contributed by atoms with E-state index in [1.807, 2.05) is 6.92 Å². The highest BCUT2D eigenvalue weighted by molar-refractivity contribution is 5.80. The average molecular weight is 246 g/mol. The Labute approximate surface area is 102 Å². The minimum absolute atomic E-state index is 0.0982. The molecule has 0 aromatic carbocycles. The fourth-order valence-electron chi connectivity index (χ4n) is 1.21. The fourth-order valence-corrected chi connectivity index (χ4v) is 1.21. The zero-order valence-corrected chi connectivity index (χ0v) is 10.7. The van der Waals surface area contributed by atoms with Crippen molar-refractivity contribution in [2.45, 2.75) is 26.3 Å². The Morgan fingerprint density at radius 1 is 1.29 bits per heavy atom. The number of esters is 1. The van der Waals surface area contributed by atoms with Crippen molar-refractivity contribution < 1.29 is 19.1 Å². The van der Waals surface area contributed by atoms with Gasteiger partial charge in [-0.2, -0.15) is 0 Å². The highest BCUT2D eigenvalue weighted by atomic mass is 16.5. The minimum atomic E-state index is -0.428. The molecule has 0 aromatic heterocycles. The zero-order valence-electron chi connectivity index (χ0n) is 10.7. The van der Waals surface area contributed by atoms with Crippen molar-refractivity contribution >= 4 is 11.9 Å². The van der Waals surface area contributed by atoms with Crippen LogP contribution in [0.3, 0.4) is 0 Å². The molecule has 0 fully saturated rings. The molecular weight excluding hydrogens is 224 g/mol. The van der Waals surface area contributed by atoms with Gasteiger partial charge in [-0.1, -0.05) is 6.92 Å². The van der Waals surface area contributed by atoms with E-state index >= 15 is 0 Å². The van der Waals surface area contributed by atoms with Crippen LogP contribution in [0, 0.1) is 0 Å². The molecule has 0 saturated carbocycles. The SMILES string of the molecule is CCOC(=O)C(CC)NCC(=O)NCCOC. The third-order valence-corrected chi connectivity index (χ3v) is 2.12. The zero-order chi connectivity index (χ0) is 13.1. The Morgan fingerprint density at radius 2 is 2.00 bits per heavy atom. The third-order valence-electron chi connectivity index (χ3n) is 2.12. The van der Waals surface area contributed by atoms with E-state index in [-0.39, 0.29) is 18.4 Å². The predicted octanol–water partition coefficient (Wildman–Crippen LogP) is -0.320. The third kappa shape index (κ3) is 7.70. The van der Waals surface area contributed by atoms with Crippen molar-refractivity contribution in [1.82, 2.24) is 10.6 Å². The number of hydrogen-bond donors (Lipinski definition) is 2. The number of ether oxygens (including phenoxy) is 2. The van der Waals surface area contributed by atoms with E-state index in [1.165, 1.54) is 0 Å². The van der Waals surface area contributed by atoms with Gasteiger partial charge in [-0.05, 0) is 13.3 Å². The van der Waals surface area contributed by atoms with E-state index in [0.717, 1.165) is 0 Å². The molecule has 0 heterocycles. The van der Waals surface area contributed by atoms with Gasteiger partial charge in [0, 0.05) is 13.7 Å². The van der Waals surface area contributed by atoms with Crippen molar-refractivity contribution in [2.75, 3.05) is 33.4 Å². The van der Waals surface area contributed by atoms with Crippen LogP contribution in [0.4, 0.5) is 0 Å². The first-order valence-electron chi connectivity index (χ1n) is 5.81. The predicted molar refractivity (Wildman–Crippen MR) is 63.6 cm³/mol. The maximum absolute atomic E-state index is 11.4. The number of carbonyl (C=O) groups is 2. The highest BCUT2D eigenvalue weighted by Crippen LogP contribution is 1.94. The maximum Gasteiger partial charge on any atom is 0.323 e. The van der Waals surface area contributed by atoms with Gasteiger partial charge in [0.25, 0.3) is 0 Å². The number of methoxy groups -OCH3 is 1. The normalized spacial score (nSPS) is 11.9. The first-order valence-corrected chi connectivity index (χ1v) is 5.81. The van der Waals surface area contributed by atoms with Gasteiger partial charge >= 0.3 is 5.97 Å². The lowest BCUT2D eigenvalue weighted by Gasteiger charge is -2.15. The van der Waals surface area contributed by atoms with Crippen molar-refractivity contribution in [3.8, 4) is 0 Å². The monoisotopic (exact) mass is 246 g/mol. The summed E-state index contributed by atoms with van der Waals surface area (Å²) >= 11 is 0. The molecule has 0 saturated heterocycles. The molecule has 1 amide bonds. The van der Waals surface area contributed by atoms with Gasteiger partial charge in [0.1, 0.15) is 6.04 Å². The van der Waals surface area contributed by atoms with Crippen molar-refractivity contribution in [1.29, 1.82) is 0 Å². The lowest BCUT2D eigenvalue weighted by molar-refractivity contribution is -0.145. The van der Waals surface area contributed by atoms with E-state index in [1.54, 1.807) is 14.0 Å². The van der Waals surface area contributed by atoms with Crippen molar-refractivity contribution in [3.05, 3.63) is 0 Å². The fraction of sp³-hybridized carbons (Fsp3) is 0.818. The van der Waals surface area contributed by atoms with E-state index in [9.17, 15) is 9.59 Å². The lowest BCUT2D eigenvalue weighted by Crippen LogP contribution is -2.44. The lowest BCUT2D eigenvalue weighted by atomic mass is 10.2. The van der Waals surface area contributed by atoms with Crippen LogP contribution in [-0.2, 0) is 19.1 Å². The average Bonchev–Trinajstić information content (AvgIpc) is 2.30. The Kier molecular flexibility index (Phi) is 9.37. The second-order valence-corrected chi connectivity index (χ2v) is 3.44. The summed E-state index contributed by atoms with van der Waals surface area (Å²) in [6.45, 7) is 4.99. The number of carbonyl (C=O) groups excluding carboxylic acids is 2. The van der Waals surface area contributed by atoms with E-state index < -0.39 is 6.04 Å². The van der Waals surface area contributed by atoms with Crippen LogP contribution in [0.5, 0.6) is 0 Å². The molecule has 17 heavy (non-hydrogen) atoms. The number of hydrogen-bond acceptors (Lipinski definition) is 5. The van der Waals surface area contributed by atoms with Gasteiger partial charge in [0.2, 0.25) is 5.91 Å². The largest absolute Gasteiger partial charge is 0.465 e. The van der Waals surface area contributed by atoms with E-state index in [2.05, 4.69) is 10.6 Å². The molecule has 0 radical (unpaired) electrons.